The highest BCUT2D eigenvalue weighted by molar-refractivity contribution is 7.99. The van der Waals surface area contributed by atoms with E-state index in [2.05, 4.69) is 13.8 Å². The Balaban J connectivity index is 1.69. The van der Waals surface area contributed by atoms with Gasteiger partial charge in [0.2, 0.25) is 5.91 Å². The minimum Gasteiger partial charge on any atom is -0.342 e. The molecule has 1 fully saturated rings. The lowest BCUT2D eigenvalue weighted by Gasteiger charge is -2.26. The molecule has 0 saturated heterocycles. The molecule has 0 bridgehead atoms. The van der Waals surface area contributed by atoms with E-state index in [1.807, 2.05) is 9.47 Å². The van der Waals surface area contributed by atoms with E-state index in [4.69, 9.17) is 4.98 Å². The van der Waals surface area contributed by atoms with Crippen LogP contribution in [0.3, 0.4) is 0 Å². The van der Waals surface area contributed by atoms with E-state index in [1.54, 1.807) is 11.3 Å². The van der Waals surface area contributed by atoms with Gasteiger partial charge in [-0.15, -0.1) is 11.3 Å². The minimum absolute atomic E-state index is 0.144. The summed E-state index contributed by atoms with van der Waals surface area (Å²) < 4.78 is 1.98. The maximum Gasteiger partial charge on any atom is 0.263 e. The summed E-state index contributed by atoms with van der Waals surface area (Å²) in [7, 11) is 0. The molecule has 1 saturated carbocycles. The highest BCUT2D eigenvalue weighted by Gasteiger charge is 2.27. The highest BCUT2D eigenvalue weighted by Crippen LogP contribution is 2.37. The molecule has 1 amide bonds. The molecule has 4 rings (SSSR count). The van der Waals surface area contributed by atoms with Crippen LogP contribution in [0.25, 0.3) is 10.2 Å². The van der Waals surface area contributed by atoms with E-state index >= 15 is 0 Å². The van der Waals surface area contributed by atoms with Gasteiger partial charge in [0, 0.05) is 24.0 Å². The van der Waals surface area contributed by atoms with Gasteiger partial charge in [0.15, 0.2) is 5.16 Å². The molecular formula is C24H35N3O2S2. The predicted molar refractivity (Wildman–Crippen MR) is 131 cm³/mol. The lowest BCUT2D eigenvalue weighted by atomic mass is 9.94. The van der Waals surface area contributed by atoms with Crippen molar-refractivity contribution in [2.24, 2.45) is 0 Å². The second-order valence-electron chi connectivity index (χ2n) is 8.92. The number of thioether (sulfide) groups is 1. The molecule has 170 valence electrons. The molecule has 7 heteroatoms. The van der Waals surface area contributed by atoms with E-state index in [9.17, 15) is 9.59 Å². The second kappa shape index (κ2) is 10.5. The smallest absolute Gasteiger partial charge is 0.263 e. The SMILES string of the molecule is CCCN(CCC)C(=O)CSc1nc2sc3c(c2c(=O)n1C1CCCCC1)CCCC3. The molecule has 0 N–H and O–H groups in total. The van der Waals surface area contributed by atoms with Crippen LogP contribution >= 0.6 is 23.1 Å². The van der Waals surface area contributed by atoms with E-state index in [1.165, 1.54) is 47.9 Å². The Kier molecular flexibility index (Phi) is 7.75. The van der Waals surface area contributed by atoms with Crippen molar-refractivity contribution in [2.45, 2.75) is 95.7 Å². The molecule has 0 atom stereocenters. The minimum atomic E-state index is 0.144. The normalized spacial score (nSPS) is 17.1. The summed E-state index contributed by atoms with van der Waals surface area (Å²) in [5, 5.41) is 1.63. The van der Waals surface area contributed by atoms with Crippen molar-refractivity contribution in [1.82, 2.24) is 14.5 Å². The number of carbonyl (C=O) groups is 1. The Labute approximate surface area is 193 Å². The summed E-state index contributed by atoms with van der Waals surface area (Å²) in [6, 6.07) is 0.220. The van der Waals surface area contributed by atoms with Crippen LogP contribution in [-0.2, 0) is 17.6 Å². The fourth-order valence-electron chi connectivity index (χ4n) is 5.08. The lowest BCUT2D eigenvalue weighted by Crippen LogP contribution is -2.34. The van der Waals surface area contributed by atoms with Gasteiger partial charge in [0.1, 0.15) is 4.83 Å². The average molecular weight is 462 g/mol. The molecule has 0 unspecified atom stereocenters. The number of aryl methyl sites for hydroxylation is 2. The van der Waals surface area contributed by atoms with E-state index in [0.29, 0.717) is 5.75 Å². The van der Waals surface area contributed by atoms with Crippen LogP contribution in [0, 0.1) is 0 Å². The lowest BCUT2D eigenvalue weighted by molar-refractivity contribution is -0.128. The van der Waals surface area contributed by atoms with E-state index < -0.39 is 0 Å². The van der Waals surface area contributed by atoms with Crippen LogP contribution in [0.1, 0.15) is 88.1 Å². The zero-order chi connectivity index (χ0) is 21.8. The molecule has 0 spiro atoms. The van der Waals surface area contributed by atoms with Gasteiger partial charge in [-0.05, 0) is 56.9 Å². The molecule has 0 aromatic carbocycles. The maximum atomic E-state index is 13.8. The summed E-state index contributed by atoms with van der Waals surface area (Å²) in [4.78, 5) is 35.9. The van der Waals surface area contributed by atoms with Gasteiger partial charge in [-0.3, -0.25) is 14.2 Å². The molecule has 31 heavy (non-hydrogen) atoms. The first-order valence-electron chi connectivity index (χ1n) is 12.1. The van der Waals surface area contributed by atoms with Crippen molar-refractivity contribution in [3.8, 4) is 0 Å². The first-order chi connectivity index (χ1) is 15.1. The summed E-state index contributed by atoms with van der Waals surface area (Å²) in [6.07, 6.45) is 12.0. The van der Waals surface area contributed by atoms with Crippen molar-refractivity contribution in [1.29, 1.82) is 0 Å². The van der Waals surface area contributed by atoms with Gasteiger partial charge in [-0.1, -0.05) is 44.9 Å². The number of nitrogens with zero attached hydrogens (tertiary/aromatic N) is 3. The number of amides is 1. The first-order valence-corrected chi connectivity index (χ1v) is 13.9. The van der Waals surface area contributed by atoms with Crippen LogP contribution in [0.2, 0.25) is 0 Å². The van der Waals surface area contributed by atoms with Gasteiger partial charge in [0.25, 0.3) is 5.56 Å². The molecule has 5 nitrogen and oxygen atoms in total. The van der Waals surface area contributed by atoms with Crippen molar-refractivity contribution in [2.75, 3.05) is 18.8 Å². The van der Waals surface area contributed by atoms with Crippen LogP contribution in [0.4, 0.5) is 0 Å². The quantitative estimate of drug-likeness (QED) is 0.380. The van der Waals surface area contributed by atoms with Crippen molar-refractivity contribution in [3.63, 3.8) is 0 Å². The molecule has 2 aromatic rings. The van der Waals surface area contributed by atoms with E-state index in [-0.39, 0.29) is 17.5 Å². The third-order valence-corrected chi connectivity index (χ3v) is 8.72. The Hall–Kier alpha value is -1.34. The molecule has 2 aromatic heterocycles. The summed E-state index contributed by atoms with van der Waals surface area (Å²) >= 11 is 3.18. The molecular weight excluding hydrogens is 426 g/mol. The Morgan fingerprint density at radius 2 is 1.81 bits per heavy atom. The molecule has 0 radical (unpaired) electrons. The summed E-state index contributed by atoms with van der Waals surface area (Å²) in [5.74, 6) is 0.513. The van der Waals surface area contributed by atoms with Crippen LogP contribution in [-0.4, -0.2) is 39.2 Å². The highest BCUT2D eigenvalue weighted by atomic mass is 32.2. The monoisotopic (exact) mass is 461 g/mol. The number of hydrogen-bond donors (Lipinski definition) is 0. The van der Waals surface area contributed by atoms with Gasteiger partial charge >= 0.3 is 0 Å². The largest absolute Gasteiger partial charge is 0.342 e. The second-order valence-corrected chi connectivity index (χ2v) is 10.9. The fourth-order valence-corrected chi connectivity index (χ4v) is 7.35. The Morgan fingerprint density at radius 1 is 1.10 bits per heavy atom. The standard InChI is InChI=1S/C24H35N3O2S2/c1-3-14-26(15-4-2)20(28)16-30-24-25-22-21(18-12-8-9-13-19(18)31-22)23(29)27(24)17-10-6-5-7-11-17/h17H,3-16H2,1-2H3. The zero-order valence-electron chi connectivity index (χ0n) is 19.0. The van der Waals surface area contributed by atoms with Crippen LogP contribution < -0.4 is 5.56 Å². The average Bonchev–Trinajstić information content (AvgIpc) is 3.16. The predicted octanol–water partition coefficient (Wildman–Crippen LogP) is 5.58. The summed E-state index contributed by atoms with van der Waals surface area (Å²) in [6.45, 7) is 5.81. The number of aromatic nitrogens is 2. The van der Waals surface area contributed by atoms with Crippen LogP contribution in [0.15, 0.2) is 9.95 Å². The number of carbonyl (C=O) groups excluding carboxylic acids is 1. The first kappa shape index (κ1) is 22.8. The molecule has 2 aliphatic rings. The van der Waals surface area contributed by atoms with E-state index in [0.717, 1.165) is 73.4 Å². The number of hydrogen-bond acceptors (Lipinski definition) is 5. The van der Waals surface area contributed by atoms with Crippen LogP contribution in [0.5, 0.6) is 0 Å². The number of rotatable bonds is 8. The molecule has 2 heterocycles. The van der Waals surface area contributed by atoms with Crippen molar-refractivity contribution >= 4 is 39.2 Å². The zero-order valence-corrected chi connectivity index (χ0v) is 20.6. The third-order valence-electron chi connectivity index (χ3n) is 6.59. The van der Waals surface area contributed by atoms with Gasteiger partial charge in [-0.25, -0.2) is 4.98 Å². The summed E-state index contributed by atoms with van der Waals surface area (Å²) in [5.41, 5.74) is 1.41. The molecule has 2 aliphatic carbocycles. The fraction of sp³-hybridized carbons (Fsp3) is 0.708. The number of fused-ring (bicyclic) bond motifs is 3. The van der Waals surface area contributed by atoms with Gasteiger partial charge < -0.3 is 4.90 Å². The Bertz CT molecular complexity index is 969. The Morgan fingerprint density at radius 3 is 2.52 bits per heavy atom. The number of thiophene rings is 1. The maximum absolute atomic E-state index is 13.8. The van der Waals surface area contributed by atoms with Crippen molar-refractivity contribution < 1.29 is 4.79 Å². The molecule has 0 aliphatic heterocycles. The van der Waals surface area contributed by atoms with Gasteiger partial charge in [-0.2, -0.15) is 0 Å². The van der Waals surface area contributed by atoms with Gasteiger partial charge in [0.05, 0.1) is 11.1 Å². The third kappa shape index (κ3) is 4.87. The topological polar surface area (TPSA) is 55.2 Å². The van der Waals surface area contributed by atoms with Crippen molar-refractivity contribution in [3.05, 3.63) is 20.8 Å².